The lowest BCUT2D eigenvalue weighted by atomic mass is 9.97. The number of thiazole rings is 1. The number of nitrogens with one attached hydrogen (secondary N) is 1. The molecule has 2 heterocycles. The van der Waals surface area contributed by atoms with Gasteiger partial charge >= 0.3 is 0 Å². The van der Waals surface area contributed by atoms with E-state index in [1.165, 1.54) is 9.71 Å². The Hall–Kier alpha value is -1.66. The van der Waals surface area contributed by atoms with Crippen LogP contribution in [0.15, 0.2) is 42.5 Å². The molecule has 1 amide bonds. The standard InChI is InChI=1S/C20H19Cl2N3OS/c21-14-4-3-5-15(22)19(14)24-18(26)12-25-10-8-13(9-11-25)20-23-16-6-1-2-7-17(16)27-20/h1-7,13H,8-12H2,(H,24,26). The lowest BCUT2D eigenvalue weighted by Gasteiger charge is -2.30. The highest BCUT2D eigenvalue weighted by atomic mass is 35.5. The molecule has 0 saturated carbocycles. The van der Waals surface area contributed by atoms with E-state index in [1.807, 2.05) is 6.07 Å². The molecule has 7 heteroatoms. The molecular weight excluding hydrogens is 401 g/mol. The largest absolute Gasteiger partial charge is 0.322 e. The number of likely N-dealkylation sites (tertiary alicyclic amines) is 1. The van der Waals surface area contributed by atoms with Crippen molar-refractivity contribution in [1.82, 2.24) is 9.88 Å². The molecule has 1 aromatic heterocycles. The van der Waals surface area contributed by atoms with Gasteiger partial charge in [0.1, 0.15) is 0 Å². The van der Waals surface area contributed by atoms with E-state index in [9.17, 15) is 4.79 Å². The van der Waals surface area contributed by atoms with Crippen LogP contribution < -0.4 is 5.32 Å². The zero-order chi connectivity index (χ0) is 18.8. The Bertz CT molecular complexity index is 914. The molecule has 2 aromatic carbocycles. The van der Waals surface area contributed by atoms with Gasteiger partial charge < -0.3 is 5.32 Å². The number of fused-ring (bicyclic) bond motifs is 1. The van der Waals surface area contributed by atoms with E-state index >= 15 is 0 Å². The second-order valence-corrected chi connectivity index (χ2v) is 8.59. The predicted octanol–water partition coefficient (Wildman–Crippen LogP) is 5.42. The lowest BCUT2D eigenvalue weighted by molar-refractivity contribution is -0.117. The van der Waals surface area contributed by atoms with Gasteiger partial charge in [0.25, 0.3) is 0 Å². The third-order valence-electron chi connectivity index (χ3n) is 4.84. The van der Waals surface area contributed by atoms with Gasteiger partial charge in [0.15, 0.2) is 0 Å². The Morgan fingerprint density at radius 1 is 1.11 bits per heavy atom. The van der Waals surface area contributed by atoms with Crippen LogP contribution in [0.5, 0.6) is 0 Å². The highest BCUT2D eigenvalue weighted by molar-refractivity contribution is 7.18. The van der Waals surface area contributed by atoms with E-state index in [-0.39, 0.29) is 5.91 Å². The first-order valence-corrected chi connectivity index (χ1v) is 10.5. The molecular formula is C20H19Cl2N3OS. The number of hydrogen-bond donors (Lipinski definition) is 1. The molecule has 3 aromatic rings. The highest BCUT2D eigenvalue weighted by Gasteiger charge is 2.24. The van der Waals surface area contributed by atoms with Crippen LogP contribution >= 0.6 is 34.5 Å². The molecule has 0 spiro atoms. The Morgan fingerprint density at radius 3 is 2.52 bits per heavy atom. The van der Waals surface area contributed by atoms with Crippen molar-refractivity contribution in [2.24, 2.45) is 0 Å². The SMILES string of the molecule is O=C(CN1CCC(c2nc3ccccc3s2)CC1)Nc1c(Cl)cccc1Cl. The van der Waals surface area contributed by atoms with Crippen molar-refractivity contribution >= 4 is 56.3 Å². The van der Waals surface area contributed by atoms with Gasteiger partial charge in [-0.1, -0.05) is 41.4 Å². The zero-order valence-electron chi connectivity index (χ0n) is 14.6. The fraction of sp³-hybridized carbons (Fsp3) is 0.300. The van der Waals surface area contributed by atoms with Gasteiger partial charge in [-0.15, -0.1) is 11.3 Å². The van der Waals surface area contributed by atoms with E-state index < -0.39 is 0 Å². The number of para-hydroxylation sites is 2. The number of carbonyl (C=O) groups excluding carboxylic acids is 1. The third kappa shape index (κ3) is 4.27. The molecule has 0 atom stereocenters. The van der Waals surface area contributed by atoms with E-state index in [2.05, 4.69) is 28.4 Å². The summed E-state index contributed by atoms with van der Waals surface area (Å²) in [5.41, 5.74) is 1.56. The molecule has 1 aliphatic heterocycles. The summed E-state index contributed by atoms with van der Waals surface area (Å²) >= 11 is 14.0. The fourth-order valence-corrected chi connectivity index (χ4v) is 5.03. The van der Waals surface area contributed by atoms with Crippen LogP contribution in [-0.2, 0) is 4.79 Å². The third-order valence-corrected chi connectivity index (χ3v) is 6.67. The van der Waals surface area contributed by atoms with Gasteiger partial charge in [-0.25, -0.2) is 4.98 Å². The van der Waals surface area contributed by atoms with Crippen LogP contribution in [0.3, 0.4) is 0 Å². The average Bonchev–Trinajstić information content (AvgIpc) is 3.10. The predicted molar refractivity (Wildman–Crippen MR) is 113 cm³/mol. The van der Waals surface area contributed by atoms with Gasteiger partial charge in [-0.3, -0.25) is 9.69 Å². The summed E-state index contributed by atoms with van der Waals surface area (Å²) in [6, 6.07) is 13.5. The van der Waals surface area contributed by atoms with Crippen molar-refractivity contribution in [3.63, 3.8) is 0 Å². The molecule has 140 valence electrons. The minimum atomic E-state index is -0.0940. The van der Waals surface area contributed by atoms with E-state index in [0.29, 0.717) is 28.2 Å². The quantitative estimate of drug-likeness (QED) is 0.613. The number of hydrogen-bond acceptors (Lipinski definition) is 4. The maximum absolute atomic E-state index is 12.4. The van der Waals surface area contributed by atoms with Crippen molar-refractivity contribution in [2.75, 3.05) is 25.0 Å². The normalized spacial score (nSPS) is 15.9. The van der Waals surface area contributed by atoms with Gasteiger partial charge in [0.05, 0.1) is 37.5 Å². The number of carbonyl (C=O) groups is 1. The van der Waals surface area contributed by atoms with E-state index in [0.717, 1.165) is 31.4 Å². The number of anilines is 1. The maximum Gasteiger partial charge on any atom is 0.238 e. The van der Waals surface area contributed by atoms with Crippen LogP contribution in [0.25, 0.3) is 10.2 Å². The number of aromatic nitrogens is 1. The second kappa shape index (κ2) is 8.15. The summed E-state index contributed by atoms with van der Waals surface area (Å²) in [6.07, 6.45) is 2.03. The molecule has 27 heavy (non-hydrogen) atoms. The number of piperidine rings is 1. The van der Waals surface area contributed by atoms with Crippen molar-refractivity contribution in [1.29, 1.82) is 0 Å². The first-order valence-electron chi connectivity index (χ1n) is 8.92. The Labute approximate surface area is 172 Å². The Kier molecular flexibility index (Phi) is 5.64. The number of halogens is 2. The van der Waals surface area contributed by atoms with Crippen LogP contribution in [0.1, 0.15) is 23.8 Å². The minimum Gasteiger partial charge on any atom is -0.322 e. The van der Waals surface area contributed by atoms with E-state index in [4.69, 9.17) is 28.2 Å². The summed E-state index contributed by atoms with van der Waals surface area (Å²) in [5.74, 6) is 0.378. The van der Waals surface area contributed by atoms with Gasteiger partial charge in [0, 0.05) is 5.92 Å². The minimum absolute atomic E-state index is 0.0940. The van der Waals surface area contributed by atoms with Crippen LogP contribution in [0.4, 0.5) is 5.69 Å². The Morgan fingerprint density at radius 2 is 1.81 bits per heavy atom. The second-order valence-electron chi connectivity index (χ2n) is 6.72. The van der Waals surface area contributed by atoms with Gasteiger partial charge in [-0.2, -0.15) is 0 Å². The number of benzene rings is 2. The summed E-state index contributed by atoms with van der Waals surface area (Å²) in [5, 5.41) is 4.94. The topological polar surface area (TPSA) is 45.2 Å². The number of nitrogens with zero attached hydrogens (tertiary/aromatic N) is 2. The number of rotatable bonds is 4. The van der Waals surface area contributed by atoms with Gasteiger partial charge in [0.2, 0.25) is 5.91 Å². The van der Waals surface area contributed by atoms with Crippen LogP contribution in [0.2, 0.25) is 10.0 Å². The molecule has 0 radical (unpaired) electrons. The first kappa shape index (κ1) is 18.7. The molecule has 1 N–H and O–H groups in total. The monoisotopic (exact) mass is 419 g/mol. The Balaban J connectivity index is 1.33. The van der Waals surface area contributed by atoms with Crippen LogP contribution in [-0.4, -0.2) is 35.4 Å². The van der Waals surface area contributed by atoms with Crippen molar-refractivity contribution in [3.05, 3.63) is 57.5 Å². The molecule has 4 nitrogen and oxygen atoms in total. The molecule has 0 unspecified atom stereocenters. The van der Waals surface area contributed by atoms with Gasteiger partial charge in [-0.05, 0) is 50.2 Å². The molecule has 1 aliphatic rings. The van der Waals surface area contributed by atoms with Crippen molar-refractivity contribution < 1.29 is 4.79 Å². The molecule has 0 bridgehead atoms. The molecule has 1 saturated heterocycles. The van der Waals surface area contributed by atoms with Crippen LogP contribution in [0, 0.1) is 0 Å². The fourth-order valence-electron chi connectivity index (χ4n) is 3.40. The highest BCUT2D eigenvalue weighted by Crippen LogP contribution is 2.34. The maximum atomic E-state index is 12.4. The first-order chi connectivity index (χ1) is 13.1. The summed E-state index contributed by atoms with van der Waals surface area (Å²) < 4.78 is 1.24. The van der Waals surface area contributed by atoms with E-state index in [1.54, 1.807) is 29.5 Å². The molecule has 0 aliphatic carbocycles. The molecule has 4 rings (SSSR count). The summed E-state index contributed by atoms with van der Waals surface area (Å²) in [6.45, 7) is 2.10. The lowest BCUT2D eigenvalue weighted by Crippen LogP contribution is -2.38. The average molecular weight is 420 g/mol. The smallest absolute Gasteiger partial charge is 0.238 e. The summed E-state index contributed by atoms with van der Waals surface area (Å²) in [4.78, 5) is 19.3. The number of amides is 1. The molecule has 1 fully saturated rings. The zero-order valence-corrected chi connectivity index (χ0v) is 16.9. The summed E-state index contributed by atoms with van der Waals surface area (Å²) in [7, 11) is 0. The van der Waals surface area contributed by atoms with Crippen molar-refractivity contribution in [3.8, 4) is 0 Å². The van der Waals surface area contributed by atoms with Crippen molar-refractivity contribution in [2.45, 2.75) is 18.8 Å².